The first-order valence-corrected chi connectivity index (χ1v) is 4.48. The van der Waals surface area contributed by atoms with Crippen molar-refractivity contribution in [2.45, 2.75) is 5.79 Å². The highest BCUT2D eigenvalue weighted by Gasteiger charge is 2.31. The molecule has 0 atom stereocenters. The van der Waals surface area contributed by atoms with Gasteiger partial charge in [0.2, 0.25) is 11.9 Å². The first-order chi connectivity index (χ1) is 7.29. The third-order valence-corrected chi connectivity index (χ3v) is 2.22. The topological polar surface area (TPSA) is 47.9 Å². The van der Waals surface area contributed by atoms with Crippen LogP contribution in [0.5, 0.6) is 0 Å². The Balaban J connectivity index is 3.04. The van der Waals surface area contributed by atoms with Gasteiger partial charge in [0.25, 0.3) is 0 Å². The number of aliphatic imine (C=N–C) groups is 1. The van der Waals surface area contributed by atoms with E-state index < -0.39 is 5.79 Å². The molecule has 1 rings (SSSR count). The van der Waals surface area contributed by atoms with E-state index in [0.717, 1.165) is 5.56 Å². The summed E-state index contributed by atoms with van der Waals surface area (Å²) in [4.78, 5) is 13.6. The predicted octanol–water partition coefficient (Wildman–Crippen LogP) is 1.47. The fourth-order valence-corrected chi connectivity index (χ4v) is 1.37. The maximum absolute atomic E-state index is 10.1. The first kappa shape index (κ1) is 11.6. The van der Waals surface area contributed by atoms with E-state index in [2.05, 4.69) is 4.99 Å². The fraction of sp³-hybridized carbons (Fsp3) is 0.364. The van der Waals surface area contributed by atoms with Crippen molar-refractivity contribution in [3.8, 4) is 0 Å². The van der Waals surface area contributed by atoms with Crippen molar-refractivity contribution in [1.82, 2.24) is 0 Å². The molecular weight excluding hydrogens is 194 g/mol. The second-order valence-electron chi connectivity index (χ2n) is 2.93. The van der Waals surface area contributed by atoms with Crippen LogP contribution in [0, 0.1) is 0 Å². The van der Waals surface area contributed by atoms with Gasteiger partial charge in [0.15, 0.2) is 0 Å². The normalized spacial score (nSPS) is 10.8. The zero-order valence-electron chi connectivity index (χ0n) is 8.77. The third kappa shape index (κ3) is 2.50. The van der Waals surface area contributed by atoms with Crippen LogP contribution in [0.3, 0.4) is 0 Å². The molecule has 0 aliphatic carbocycles. The van der Waals surface area contributed by atoms with Crippen molar-refractivity contribution in [1.29, 1.82) is 0 Å². The van der Waals surface area contributed by atoms with Crippen LogP contribution < -0.4 is 0 Å². The molecule has 0 aliphatic heterocycles. The number of benzene rings is 1. The number of rotatable bonds is 5. The molecule has 0 amide bonds. The Kier molecular flexibility index (Phi) is 4.18. The van der Waals surface area contributed by atoms with Gasteiger partial charge in [-0.05, 0) is 0 Å². The van der Waals surface area contributed by atoms with Crippen LogP contribution in [0.2, 0.25) is 0 Å². The fourth-order valence-electron chi connectivity index (χ4n) is 1.37. The number of methoxy groups -OCH3 is 2. The molecule has 15 heavy (non-hydrogen) atoms. The summed E-state index contributed by atoms with van der Waals surface area (Å²) in [5.41, 5.74) is 0.814. The molecule has 0 N–H and O–H groups in total. The van der Waals surface area contributed by atoms with Gasteiger partial charge in [0.05, 0.1) is 0 Å². The van der Waals surface area contributed by atoms with Crippen molar-refractivity contribution >= 4 is 6.08 Å². The standard InChI is InChI=1S/C11H13NO3/c1-14-11(15-2,8-12-9-13)10-6-4-3-5-7-10/h3-7H,8H2,1-2H3. The van der Waals surface area contributed by atoms with Gasteiger partial charge in [-0.1, -0.05) is 30.3 Å². The van der Waals surface area contributed by atoms with Crippen molar-refractivity contribution in [3.05, 3.63) is 35.9 Å². The lowest BCUT2D eigenvalue weighted by atomic mass is 10.1. The van der Waals surface area contributed by atoms with Gasteiger partial charge in [0.1, 0.15) is 6.54 Å². The lowest BCUT2D eigenvalue weighted by molar-refractivity contribution is -0.207. The van der Waals surface area contributed by atoms with Crippen molar-refractivity contribution < 1.29 is 14.3 Å². The van der Waals surface area contributed by atoms with Crippen LogP contribution in [-0.4, -0.2) is 26.8 Å². The molecule has 0 fully saturated rings. The zero-order valence-corrected chi connectivity index (χ0v) is 8.77. The van der Waals surface area contributed by atoms with Gasteiger partial charge in [-0.3, -0.25) is 0 Å². The Labute approximate surface area is 88.5 Å². The van der Waals surface area contributed by atoms with Crippen LogP contribution >= 0.6 is 0 Å². The largest absolute Gasteiger partial charge is 0.348 e. The minimum atomic E-state index is -1.00. The van der Waals surface area contributed by atoms with E-state index in [1.165, 1.54) is 20.3 Å². The third-order valence-electron chi connectivity index (χ3n) is 2.22. The second-order valence-corrected chi connectivity index (χ2v) is 2.93. The number of isocyanates is 1. The number of hydrogen-bond donors (Lipinski definition) is 0. The van der Waals surface area contributed by atoms with E-state index in [4.69, 9.17) is 9.47 Å². The molecule has 80 valence electrons. The summed E-state index contributed by atoms with van der Waals surface area (Å²) in [6.07, 6.45) is 1.48. The monoisotopic (exact) mass is 207 g/mol. The van der Waals surface area contributed by atoms with E-state index in [-0.39, 0.29) is 6.54 Å². The number of hydrogen-bond acceptors (Lipinski definition) is 4. The summed E-state index contributed by atoms with van der Waals surface area (Å²) in [5, 5.41) is 0. The lowest BCUT2D eigenvalue weighted by Crippen LogP contribution is -2.34. The maximum Gasteiger partial charge on any atom is 0.235 e. The van der Waals surface area contributed by atoms with Crippen LogP contribution in [0.1, 0.15) is 5.56 Å². The molecule has 1 aromatic rings. The van der Waals surface area contributed by atoms with E-state index in [9.17, 15) is 4.79 Å². The second kappa shape index (κ2) is 5.41. The number of ether oxygens (including phenoxy) is 2. The summed E-state index contributed by atoms with van der Waals surface area (Å²) in [6, 6.07) is 9.34. The molecule has 0 saturated carbocycles. The molecule has 0 unspecified atom stereocenters. The zero-order chi connectivity index (χ0) is 11.1. The van der Waals surface area contributed by atoms with Crippen LogP contribution in [0.15, 0.2) is 35.3 Å². The average Bonchev–Trinajstić information content (AvgIpc) is 2.33. The molecule has 4 nitrogen and oxygen atoms in total. The molecule has 0 bridgehead atoms. The molecule has 0 aromatic heterocycles. The minimum absolute atomic E-state index is 0.0908. The predicted molar refractivity (Wildman–Crippen MR) is 55.1 cm³/mol. The van der Waals surface area contributed by atoms with Crippen LogP contribution in [0.25, 0.3) is 0 Å². The number of nitrogens with zero attached hydrogens (tertiary/aromatic N) is 1. The molecule has 0 spiro atoms. The van der Waals surface area contributed by atoms with Gasteiger partial charge in [-0.25, -0.2) is 4.79 Å². The molecule has 0 saturated heterocycles. The van der Waals surface area contributed by atoms with Crippen molar-refractivity contribution in [3.63, 3.8) is 0 Å². The Morgan fingerprint density at radius 3 is 2.33 bits per heavy atom. The highest BCUT2D eigenvalue weighted by atomic mass is 16.7. The van der Waals surface area contributed by atoms with Gasteiger partial charge < -0.3 is 9.47 Å². The van der Waals surface area contributed by atoms with Crippen LogP contribution in [-0.2, 0) is 20.1 Å². The molecule has 4 heteroatoms. The van der Waals surface area contributed by atoms with Gasteiger partial charge in [-0.2, -0.15) is 4.99 Å². The summed E-state index contributed by atoms with van der Waals surface area (Å²) in [7, 11) is 3.02. The molecular formula is C11H13NO3. The van der Waals surface area contributed by atoms with Crippen molar-refractivity contribution in [2.24, 2.45) is 4.99 Å². The Bertz CT molecular complexity index is 340. The van der Waals surface area contributed by atoms with E-state index in [0.29, 0.717) is 0 Å². The SMILES string of the molecule is COC(CN=C=O)(OC)c1ccccc1. The maximum atomic E-state index is 10.1. The molecule has 0 heterocycles. The van der Waals surface area contributed by atoms with Crippen LogP contribution in [0.4, 0.5) is 0 Å². The minimum Gasteiger partial charge on any atom is -0.348 e. The average molecular weight is 207 g/mol. The van der Waals surface area contributed by atoms with Crippen molar-refractivity contribution in [2.75, 3.05) is 20.8 Å². The summed E-state index contributed by atoms with van der Waals surface area (Å²) in [5.74, 6) is -1.00. The van der Waals surface area contributed by atoms with E-state index in [1.54, 1.807) is 0 Å². The smallest absolute Gasteiger partial charge is 0.235 e. The highest BCUT2D eigenvalue weighted by Crippen LogP contribution is 2.25. The lowest BCUT2D eigenvalue weighted by Gasteiger charge is -2.28. The van der Waals surface area contributed by atoms with Gasteiger partial charge >= 0.3 is 0 Å². The van der Waals surface area contributed by atoms with E-state index >= 15 is 0 Å². The summed E-state index contributed by atoms with van der Waals surface area (Å²) >= 11 is 0. The Hall–Kier alpha value is -1.48. The number of carbonyl (C=O) groups excluding carboxylic acids is 1. The molecule has 1 aromatic carbocycles. The Morgan fingerprint density at radius 2 is 1.87 bits per heavy atom. The molecule has 0 aliphatic rings. The summed E-state index contributed by atoms with van der Waals surface area (Å²) in [6.45, 7) is 0.0908. The van der Waals surface area contributed by atoms with Gasteiger partial charge in [0, 0.05) is 19.8 Å². The van der Waals surface area contributed by atoms with E-state index in [1.807, 2.05) is 30.3 Å². The quantitative estimate of drug-likeness (QED) is 0.417. The van der Waals surface area contributed by atoms with Gasteiger partial charge in [-0.15, -0.1) is 0 Å². The highest BCUT2D eigenvalue weighted by molar-refractivity contribution is 5.33. The Morgan fingerprint density at radius 1 is 1.27 bits per heavy atom. The molecule has 0 radical (unpaired) electrons. The first-order valence-electron chi connectivity index (χ1n) is 4.48. The summed E-state index contributed by atoms with van der Waals surface area (Å²) < 4.78 is 10.6.